The van der Waals surface area contributed by atoms with E-state index in [2.05, 4.69) is 37.8 Å². The molecule has 1 aromatic heterocycles. The first-order valence-corrected chi connectivity index (χ1v) is 6.41. The van der Waals surface area contributed by atoms with Crippen molar-refractivity contribution in [2.45, 2.75) is 19.9 Å². The molecule has 0 saturated carbocycles. The number of aromatic nitrogens is 4. The Hall–Kier alpha value is -2.72. The largest absolute Gasteiger partial charge is 0.395 e. The highest BCUT2D eigenvalue weighted by molar-refractivity contribution is 5.95. The van der Waals surface area contributed by atoms with Crippen LogP contribution in [-0.4, -0.2) is 38.2 Å². The highest BCUT2D eigenvalue weighted by Gasteiger charge is 2.10. The van der Waals surface area contributed by atoms with E-state index in [1.54, 1.807) is 6.07 Å². The van der Waals surface area contributed by atoms with Crippen LogP contribution in [0.5, 0.6) is 0 Å². The number of H-pyrrole nitrogens is 1. The molecule has 0 aliphatic rings. The summed E-state index contributed by atoms with van der Waals surface area (Å²) in [7, 11) is 0. The van der Waals surface area contributed by atoms with Crippen LogP contribution in [-0.2, 0) is 6.54 Å². The zero-order chi connectivity index (χ0) is 15.1. The zero-order valence-corrected chi connectivity index (χ0v) is 11.6. The molecule has 0 bridgehead atoms. The molecule has 1 aromatic carbocycles. The number of aliphatic hydroxyl groups excluding tert-OH is 1. The van der Waals surface area contributed by atoms with E-state index in [-0.39, 0.29) is 19.1 Å². The highest BCUT2D eigenvalue weighted by Crippen LogP contribution is 2.11. The van der Waals surface area contributed by atoms with Gasteiger partial charge in [-0.05, 0) is 24.6 Å². The minimum Gasteiger partial charge on any atom is -0.395 e. The van der Waals surface area contributed by atoms with Crippen molar-refractivity contribution in [1.82, 2.24) is 25.9 Å². The number of aryl methyl sites for hydroxylation is 1. The van der Waals surface area contributed by atoms with Crippen LogP contribution in [0.3, 0.4) is 0 Å². The fourth-order valence-electron chi connectivity index (χ4n) is 1.68. The van der Waals surface area contributed by atoms with E-state index in [1.807, 2.05) is 19.1 Å². The predicted octanol–water partition coefficient (Wildman–Crippen LogP) is 0.172. The van der Waals surface area contributed by atoms with Crippen molar-refractivity contribution in [3.05, 3.63) is 40.7 Å². The molecule has 0 unspecified atom stereocenters. The monoisotopic (exact) mass is 285 g/mol. The normalized spacial score (nSPS) is 9.81. The van der Waals surface area contributed by atoms with Gasteiger partial charge in [0.05, 0.1) is 13.2 Å². The lowest BCUT2D eigenvalue weighted by Crippen LogP contribution is -2.24. The smallest absolute Gasteiger partial charge is 0.251 e. The molecule has 1 amide bonds. The Morgan fingerprint density at radius 3 is 3.05 bits per heavy atom. The van der Waals surface area contributed by atoms with E-state index in [1.165, 1.54) is 0 Å². The van der Waals surface area contributed by atoms with Gasteiger partial charge >= 0.3 is 0 Å². The van der Waals surface area contributed by atoms with Crippen LogP contribution in [0.1, 0.15) is 33.7 Å². The van der Waals surface area contributed by atoms with Gasteiger partial charge in [-0.3, -0.25) is 4.79 Å². The molecule has 1 heterocycles. The van der Waals surface area contributed by atoms with Crippen molar-refractivity contribution in [1.29, 1.82) is 0 Å². The maximum absolute atomic E-state index is 12.2. The molecule has 0 fully saturated rings. The number of aromatic amines is 1. The summed E-state index contributed by atoms with van der Waals surface area (Å²) in [6.45, 7) is 2.08. The Labute approximate surface area is 121 Å². The van der Waals surface area contributed by atoms with E-state index in [0.717, 1.165) is 11.1 Å². The third-order valence-corrected chi connectivity index (χ3v) is 2.75. The van der Waals surface area contributed by atoms with Crippen LogP contribution in [0.4, 0.5) is 0 Å². The predicted molar refractivity (Wildman–Crippen MR) is 75.1 cm³/mol. The van der Waals surface area contributed by atoms with Crippen LogP contribution in [0.25, 0.3) is 0 Å². The van der Waals surface area contributed by atoms with Gasteiger partial charge in [0, 0.05) is 17.5 Å². The Morgan fingerprint density at radius 2 is 2.33 bits per heavy atom. The standard InChI is InChI=1S/C14H15N5O2/c1-10-5-6-11(4-2-3-7-20)8-12(10)14(21)15-9-13-16-18-19-17-13/h5-6,8,20H,3,7,9H2,1H3,(H,15,21)(H,16,17,18,19). The summed E-state index contributed by atoms with van der Waals surface area (Å²) in [5.41, 5.74) is 2.14. The summed E-state index contributed by atoms with van der Waals surface area (Å²) in [6, 6.07) is 5.41. The van der Waals surface area contributed by atoms with Crippen LogP contribution >= 0.6 is 0 Å². The lowest BCUT2D eigenvalue weighted by Gasteiger charge is -2.06. The third kappa shape index (κ3) is 4.12. The topological polar surface area (TPSA) is 104 Å². The number of benzene rings is 1. The summed E-state index contributed by atoms with van der Waals surface area (Å²) in [6.07, 6.45) is 0.410. The number of aliphatic hydroxyl groups is 1. The van der Waals surface area contributed by atoms with E-state index in [4.69, 9.17) is 5.11 Å². The van der Waals surface area contributed by atoms with Crippen molar-refractivity contribution < 1.29 is 9.90 Å². The number of hydrogen-bond donors (Lipinski definition) is 3. The molecule has 0 saturated heterocycles. The number of nitrogens with one attached hydrogen (secondary N) is 2. The maximum atomic E-state index is 12.2. The minimum atomic E-state index is -0.219. The Kier molecular flexibility index (Phi) is 5.01. The van der Waals surface area contributed by atoms with Gasteiger partial charge < -0.3 is 10.4 Å². The van der Waals surface area contributed by atoms with Gasteiger partial charge in [0.2, 0.25) is 0 Å². The maximum Gasteiger partial charge on any atom is 0.251 e. The number of amides is 1. The lowest BCUT2D eigenvalue weighted by atomic mass is 10.0. The molecule has 0 radical (unpaired) electrons. The number of nitrogens with zero attached hydrogens (tertiary/aromatic N) is 3. The second-order valence-corrected chi connectivity index (χ2v) is 4.32. The fourth-order valence-corrected chi connectivity index (χ4v) is 1.68. The second kappa shape index (κ2) is 7.17. The Balaban J connectivity index is 2.09. The van der Waals surface area contributed by atoms with Gasteiger partial charge in [-0.2, -0.15) is 5.21 Å². The van der Waals surface area contributed by atoms with Crippen LogP contribution in [0.15, 0.2) is 18.2 Å². The van der Waals surface area contributed by atoms with Gasteiger partial charge in [0.15, 0.2) is 5.82 Å². The van der Waals surface area contributed by atoms with Gasteiger partial charge in [-0.25, -0.2) is 0 Å². The average molecular weight is 285 g/mol. The molecule has 7 nitrogen and oxygen atoms in total. The third-order valence-electron chi connectivity index (χ3n) is 2.75. The van der Waals surface area contributed by atoms with Gasteiger partial charge in [-0.1, -0.05) is 23.1 Å². The molecular formula is C14H15N5O2. The summed E-state index contributed by atoms with van der Waals surface area (Å²) >= 11 is 0. The quantitative estimate of drug-likeness (QED) is 0.695. The highest BCUT2D eigenvalue weighted by atomic mass is 16.2. The molecule has 0 aliphatic heterocycles. The number of rotatable bonds is 4. The molecule has 0 atom stereocenters. The van der Waals surface area contributed by atoms with E-state index in [9.17, 15) is 4.79 Å². The summed E-state index contributed by atoms with van der Waals surface area (Å²) < 4.78 is 0. The fraction of sp³-hybridized carbons (Fsp3) is 0.286. The molecular weight excluding hydrogens is 270 g/mol. The van der Waals surface area contributed by atoms with Crippen LogP contribution < -0.4 is 5.32 Å². The molecule has 0 aliphatic carbocycles. The van der Waals surface area contributed by atoms with Gasteiger partial charge in [0.25, 0.3) is 5.91 Å². The van der Waals surface area contributed by atoms with Crippen LogP contribution in [0.2, 0.25) is 0 Å². The minimum absolute atomic E-state index is 0.0247. The van der Waals surface area contributed by atoms with Crippen molar-refractivity contribution >= 4 is 5.91 Å². The first kappa shape index (κ1) is 14.7. The van der Waals surface area contributed by atoms with E-state index >= 15 is 0 Å². The molecule has 0 spiro atoms. The van der Waals surface area contributed by atoms with Crippen molar-refractivity contribution in [2.75, 3.05) is 6.61 Å². The Morgan fingerprint density at radius 1 is 1.48 bits per heavy atom. The van der Waals surface area contributed by atoms with Crippen LogP contribution in [0, 0.1) is 18.8 Å². The molecule has 7 heteroatoms. The molecule has 21 heavy (non-hydrogen) atoms. The number of tetrazole rings is 1. The first-order chi connectivity index (χ1) is 10.2. The lowest BCUT2D eigenvalue weighted by molar-refractivity contribution is 0.0949. The van der Waals surface area contributed by atoms with E-state index < -0.39 is 0 Å². The van der Waals surface area contributed by atoms with Gasteiger partial charge in [-0.15, -0.1) is 10.2 Å². The first-order valence-electron chi connectivity index (χ1n) is 6.41. The summed E-state index contributed by atoms with van der Waals surface area (Å²) in [5.74, 6) is 5.93. The van der Waals surface area contributed by atoms with E-state index in [0.29, 0.717) is 17.8 Å². The average Bonchev–Trinajstić information content (AvgIpc) is 3.00. The van der Waals surface area contributed by atoms with Crippen molar-refractivity contribution in [3.63, 3.8) is 0 Å². The summed E-state index contributed by atoms with van der Waals surface area (Å²) in [5, 5.41) is 24.7. The molecule has 2 rings (SSSR count). The molecule has 108 valence electrons. The SMILES string of the molecule is Cc1ccc(C#CCCO)cc1C(=O)NCc1nn[nH]n1. The molecule has 3 N–H and O–H groups in total. The van der Waals surface area contributed by atoms with Crippen molar-refractivity contribution in [3.8, 4) is 11.8 Å². The number of hydrogen-bond acceptors (Lipinski definition) is 5. The molecule has 2 aromatic rings. The Bertz CT molecular complexity index is 670. The zero-order valence-electron chi connectivity index (χ0n) is 11.6. The summed E-state index contributed by atoms with van der Waals surface area (Å²) in [4.78, 5) is 12.2. The van der Waals surface area contributed by atoms with Gasteiger partial charge in [0.1, 0.15) is 0 Å². The number of carbonyl (C=O) groups is 1. The van der Waals surface area contributed by atoms with Crippen molar-refractivity contribution in [2.24, 2.45) is 0 Å². The number of carbonyl (C=O) groups excluding carboxylic acids is 1. The second-order valence-electron chi connectivity index (χ2n) is 4.32.